The molecule has 0 atom stereocenters. The van der Waals surface area contributed by atoms with Crippen molar-refractivity contribution in [3.05, 3.63) is 36.4 Å². The van der Waals surface area contributed by atoms with Crippen molar-refractivity contribution in [1.82, 2.24) is 25.5 Å². The zero-order valence-electron chi connectivity index (χ0n) is 13.7. The molecule has 2 N–H and O–H groups in total. The lowest BCUT2D eigenvalue weighted by Gasteiger charge is -2.04. The third-order valence-corrected chi connectivity index (χ3v) is 4.50. The predicted octanol–water partition coefficient (Wildman–Crippen LogP) is 3.02. The van der Waals surface area contributed by atoms with Gasteiger partial charge in [0.2, 0.25) is 11.1 Å². The molecule has 2 heterocycles. The van der Waals surface area contributed by atoms with Crippen molar-refractivity contribution in [2.24, 2.45) is 0 Å². The fourth-order valence-corrected chi connectivity index (χ4v) is 2.98. The number of hydrogen-bond donors (Lipinski definition) is 2. The number of carbonyl (C=O) groups is 1. The summed E-state index contributed by atoms with van der Waals surface area (Å²) < 4.78 is 0. The lowest BCUT2D eigenvalue weighted by atomic mass is 10.0. The van der Waals surface area contributed by atoms with Crippen molar-refractivity contribution >= 4 is 39.7 Å². The number of fused-ring (bicyclic) bond motifs is 3. The zero-order valence-corrected chi connectivity index (χ0v) is 14.5. The van der Waals surface area contributed by atoms with Gasteiger partial charge in [0.25, 0.3) is 0 Å². The molecular weight excluding hydrogens is 322 g/mol. The molecule has 124 valence electrons. The van der Waals surface area contributed by atoms with Crippen molar-refractivity contribution in [2.45, 2.75) is 24.9 Å². The first kappa shape index (κ1) is 16.4. The van der Waals surface area contributed by atoms with Crippen molar-refractivity contribution in [2.75, 3.05) is 12.3 Å². The standard InChI is InChI=1S/C17H19N5OS/c1-4-7-18-14(23)9-24-17-20-16-15(21-22-17)12-8-11(10(2)3)5-6-13(12)19-16/h4-6,8,10H,1,7,9H2,2-3H3,(H,18,23)(H,19,20,22). The molecule has 2 aromatic heterocycles. The quantitative estimate of drug-likeness (QED) is 0.532. The molecule has 7 heteroatoms. The molecule has 0 saturated heterocycles. The second-order valence-corrected chi connectivity index (χ2v) is 6.70. The monoisotopic (exact) mass is 341 g/mol. The zero-order chi connectivity index (χ0) is 17.1. The largest absolute Gasteiger partial charge is 0.352 e. The lowest BCUT2D eigenvalue weighted by molar-refractivity contribution is -0.118. The van der Waals surface area contributed by atoms with Gasteiger partial charge in [-0.1, -0.05) is 37.8 Å². The Labute approximate surface area is 144 Å². The number of carbonyl (C=O) groups excluding carboxylic acids is 1. The van der Waals surface area contributed by atoms with Crippen LogP contribution in [0.25, 0.3) is 22.1 Å². The molecule has 0 saturated carbocycles. The Balaban J connectivity index is 1.84. The van der Waals surface area contributed by atoms with Gasteiger partial charge in [-0.15, -0.1) is 16.8 Å². The van der Waals surface area contributed by atoms with E-state index in [2.05, 4.69) is 58.0 Å². The Hall–Kier alpha value is -2.41. The van der Waals surface area contributed by atoms with Crippen LogP contribution in [0.4, 0.5) is 0 Å². The van der Waals surface area contributed by atoms with Gasteiger partial charge in [-0.25, -0.2) is 4.98 Å². The average Bonchev–Trinajstić information content (AvgIpc) is 2.94. The Morgan fingerprint density at radius 3 is 3.00 bits per heavy atom. The minimum atomic E-state index is -0.0816. The molecule has 0 aliphatic rings. The van der Waals surface area contributed by atoms with Gasteiger partial charge in [0.1, 0.15) is 5.52 Å². The van der Waals surface area contributed by atoms with E-state index >= 15 is 0 Å². The second-order valence-electron chi connectivity index (χ2n) is 5.76. The second kappa shape index (κ2) is 7.00. The van der Waals surface area contributed by atoms with Gasteiger partial charge >= 0.3 is 0 Å². The van der Waals surface area contributed by atoms with Crippen LogP contribution < -0.4 is 5.32 Å². The molecule has 0 radical (unpaired) electrons. The molecule has 0 aliphatic carbocycles. The number of aromatic nitrogens is 4. The average molecular weight is 341 g/mol. The molecule has 0 unspecified atom stereocenters. The van der Waals surface area contributed by atoms with Crippen molar-refractivity contribution < 1.29 is 4.79 Å². The van der Waals surface area contributed by atoms with Gasteiger partial charge in [-0.2, -0.15) is 0 Å². The highest BCUT2D eigenvalue weighted by molar-refractivity contribution is 7.99. The van der Waals surface area contributed by atoms with E-state index in [0.29, 0.717) is 23.3 Å². The van der Waals surface area contributed by atoms with Gasteiger partial charge in [0.15, 0.2) is 5.65 Å². The highest BCUT2D eigenvalue weighted by Gasteiger charge is 2.12. The Morgan fingerprint density at radius 1 is 1.42 bits per heavy atom. The summed E-state index contributed by atoms with van der Waals surface area (Å²) in [4.78, 5) is 19.4. The van der Waals surface area contributed by atoms with E-state index in [-0.39, 0.29) is 11.7 Å². The minimum absolute atomic E-state index is 0.0816. The van der Waals surface area contributed by atoms with E-state index < -0.39 is 0 Å². The van der Waals surface area contributed by atoms with Crippen LogP contribution in [0.3, 0.4) is 0 Å². The van der Waals surface area contributed by atoms with Crippen LogP contribution in [0.15, 0.2) is 36.0 Å². The summed E-state index contributed by atoms with van der Waals surface area (Å²) in [6.07, 6.45) is 1.64. The van der Waals surface area contributed by atoms with Crippen molar-refractivity contribution in [3.63, 3.8) is 0 Å². The molecule has 0 fully saturated rings. The molecule has 6 nitrogen and oxygen atoms in total. The van der Waals surface area contributed by atoms with Gasteiger partial charge in [0.05, 0.1) is 5.75 Å². The third-order valence-electron chi connectivity index (χ3n) is 3.66. The van der Waals surface area contributed by atoms with Crippen LogP contribution in [0.2, 0.25) is 0 Å². The Kier molecular flexibility index (Phi) is 4.80. The molecule has 3 rings (SSSR count). The van der Waals surface area contributed by atoms with Crippen LogP contribution in [-0.2, 0) is 4.79 Å². The number of nitrogens with one attached hydrogen (secondary N) is 2. The number of hydrogen-bond acceptors (Lipinski definition) is 5. The summed E-state index contributed by atoms with van der Waals surface area (Å²) in [6, 6.07) is 6.28. The minimum Gasteiger partial charge on any atom is -0.352 e. The summed E-state index contributed by atoms with van der Waals surface area (Å²) in [7, 11) is 0. The highest BCUT2D eigenvalue weighted by Crippen LogP contribution is 2.27. The molecule has 0 spiro atoms. The summed E-state index contributed by atoms with van der Waals surface area (Å²) in [6.45, 7) is 8.34. The van der Waals surface area contributed by atoms with Crippen LogP contribution in [0.5, 0.6) is 0 Å². The molecule has 3 aromatic rings. The molecule has 0 bridgehead atoms. The number of aromatic amines is 1. The van der Waals surface area contributed by atoms with Gasteiger partial charge in [0, 0.05) is 17.4 Å². The summed E-state index contributed by atoms with van der Waals surface area (Å²) in [5.74, 6) is 0.615. The van der Waals surface area contributed by atoms with Gasteiger partial charge < -0.3 is 10.3 Å². The first-order valence-corrected chi connectivity index (χ1v) is 8.73. The van der Waals surface area contributed by atoms with Crippen LogP contribution in [-0.4, -0.2) is 38.4 Å². The van der Waals surface area contributed by atoms with E-state index in [1.54, 1.807) is 6.08 Å². The van der Waals surface area contributed by atoms with E-state index in [0.717, 1.165) is 16.4 Å². The number of nitrogens with zero attached hydrogens (tertiary/aromatic N) is 3. The maximum atomic E-state index is 11.6. The topological polar surface area (TPSA) is 83.6 Å². The fourth-order valence-electron chi connectivity index (χ4n) is 2.36. The number of benzene rings is 1. The summed E-state index contributed by atoms with van der Waals surface area (Å²) >= 11 is 1.26. The third kappa shape index (κ3) is 3.41. The SMILES string of the molecule is C=CCNC(=O)CSc1nnc2c(n1)[nH]c1ccc(C(C)C)cc12. The molecular formula is C17H19N5OS. The molecule has 0 aliphatic heterocycles. The fraction of sp³-hybridized carbons (Fsp3) is 0.294. The predicted molar refractivity (Wildman–Crippen MR) is 97.2 cm³/mol. The van der Waals surface area contributed by atoms with E-state index in [4.69, 9.17) is 0 Å². The van der Waals surface area contributed by atoms with Crippen LogP contribution in [0.1, 0.15) is 25.3 Å². The van der Waals surface area contributed by atoms with Crippen LogP contribution >= 0.6 is 11.8 Å². The number of thioether (sulfide) groups is 1. The van der Waals surface area contributed by atoms with Gasteiger partial charge in [-0.05, 0) is 23.6 Å². The number of H-pyrrole nitrogens is 1. The van der Waals surface area contributed by atoms with Gasteiger partial charge in [-0.3, -0.25) is 4.79 Å². The Morgan fingerprint density at radius 2 is 2.25 bits per heavy atom. The highest BCUT2D eigenvalue weighted by atomic mass is 32.2. The number of amides is 1. The molecule has 1 amide bonds. The summed E-state index contributed by atoms with van der Waals surface area (Å²) in [5, 5.41) is 12.7. The van der Waals surface area contributed by atoms with Crippen molar-refractivity contribution in [1.29, 1.82) is 0 Å². The maximum Gasteiger partial charge on any atom is 0.230 e. The lowest BCUT2D eigenvalue weighted by Crippen LogP contribution is -2.25. The smallest absolute Gasteiger partial charge is 0.230 e. The Bertz CT molecular complexity index is 903. The van der Waals surface area contributed by atoms with E-state index in [9.17, 15) is 4.79 Å². The van der Waals surface area contributed by atoms with Crippen molar-refractivity contribution in [3.8, 4) is 0 Å². The first-order chi connectivity index (χ1) is 11.6. The molecule has 24 heavy (non-hydrogen) atoms. The maximum absolute atomic E-state index is 11.6. The summed E-state index contributed by atoms with van der Waals surface area (Å²) in [5.41, 5.74) is 3.69. The number of rotatable bonds is 6. The molecule has 1 aromatic carbocycles. The van der Waals surface area contributed by atoms with E-state index in [1.807, 2.05) is 6.07 Å². The van der Waals surface area contributed by atoms with Crippen LogP contribution in [0, 0.1) is 0 Å². The van der Waals surface area contributed by atoms with E-state index in [1.165, 1.54) is 17.3 Å². The normalized spacial score (nSPS) is 11.3. The first-order valence-electron chi connectivity index (χ1n) is 7.75.